The van der Waals surface area contributed by atoms with Crippen molar-refractivity contribution in [3.8, 4) is 11.5 Å². The van der Waals surface area contributed by atoms with Crippen LogP contribution in [0.15, 0.2) is 30.3 Å². The summed E-state index contributed by atoms with van der Waals surface area (Å²) in [6.07, 6.45) is 3.31. The second-order valence-corrected chi connectivity index (χ2v) is 7.12. The van der Waals surface area contributed by atoms with Gasteiger partial charge in [0.25, 0.3) is 0 Å². The van der Waals surface area contributed by atoms with E-state index in [1.807, 2.05) is 6.07 Å². The first-order valence-corrected chi connectivity index (χ1v) is 10.5. The average Bonchev–Trinajstić information content (AvgIpc) is 2.81. The van der Waals surface area contributed by atoms with Crippen LogP contribution in [-0.4, -0.2) is 55.3 Å². The predicted octanol–water partition coefficient (Wildman–Crippen LogP) is 4.85. The number of fused-ring (bicyclic) bond motifs is 1. The van der Waals surface area contributed by atoms with Gasteiger partial charge >= 0.3 is 0 Å². The highest BCUT2D eigenvalue weighted by Gasteiger charge is 2.13. The summed E-state index contributed by atoms with van der Waals surface area (Å²) in [4.78, 5) is 11.6. The van der Waals surface area contributed by atoms with Gasteiger partial charge in [-0.15, -0.1) is 0 Å². The molecule has 0 saturated heterocycles. The number of hydrogen-bond acceptors (Lipinski definition) is 6. The zero-order valence-electron chi connectivity index (χ0n) is 18.8. The van der Waals surface area contributed by atoms with E-state index >= 15 is 0 Å². The molecule has 0 aliphatic rings. The van der Waals surface area contributed by atoms with Crippen LogP contribution in [0.4, 0.5) is 14.6 Å². The Morgan fingerprint density at radius 2 is 1.66 bits per heavy atom. The van der Waals surface area contributed by atoms with Gasteiger partial charge in [-0.1, -0.05) is 26.0 Å². The summed E-state index contributed by atoms with van der Waals surface area (Å²) in [5.41, 5.74) is 1.18. The van der Waals surface area contributed by atoms with Crippen LogP contribution in [-0.2, 0) is 0 Å². The Morgan fingerprint density at radius 1 is 0.938 bits per heavy atom. The Hall–Kier alpha value is -3.26. The third kappa shape index (κ3) is 5.50. The third-order valence-electron chi connectivity index (χ3n) is 5.20. The summed E-state index contributed by atoms with van der Waals surface area (Å²) >= 11 is 0. The molecule has 32 heavy (non-hydrogen) atoms. The molecule has 6 nitrogen and oxygen atoms in total. The van der Waals surface area contributed by atoms with Crippen molar-refractivity contribution >= 4 is 28.9 Å². The molecule has 0 fully saturated rings. The molecule has 0 atom stereocenters. The van der Waals surface area contributed by atoms with Crippen molar-refractivity contribution in [2.24, 2.45) is 0 Å². The first-order chi connectivity index (χ1) is 15.5. The first-order valence-electron chi connectivity index (χ1n) is 10.5. The molecule has 2 aromatic carbocycles. The highest BCUT2D eigenvalue weighted by molar-refractivity contribution is 5.92. The maximum atomic E-state index is 13.5. The van der Waals surface area contributed by atoms with Crippen molar-refractivity contribution in [3.63, 3.8) is 0 Å². The molecule has 0 bridgehead atoms. The summed E-state index contributed by atoms with van der Waals surface area (Å²) in [7, 11) is 3.15. The molecule has 0 spiro atoms. The molecule has 1 heterocycles. The van der Waals surface area contributed by atoms with E-state index in [2.05, 4.69) is 34.0 Å². The van der Waals surface area contributed by atoms with Gasteiger partial charge in [-0.2, -0.15) is 0 Å². The molecule has 170 valence electrons. The Balaban J connectivity index is 1.98. The fraction of sp³-hybridized carbons (Fsp3) is 0.333. The lowest BCUT2D eigenvalue weighted by Crippen LogP contribution is -2.28. The Morgan fingerprint density at radius 3 is 2.31 bits per heavy atom. The van der Waals surface area contributed by atoms with Crippen LogP contribution >= 0.6 is 0 Å². The van der Waals surface area contributed by atoms with Crippen molar-refractivity contribution < 1.29 is 18.3 Å². The van der Waals surface area contributed by atoms with E-state index in [-0.39, 0.29) is 0 Å². The van der Waals surface area contributed by atoms with Crippen LogP contribution in [0, 0.1) is 11.6 Å². The van der Waals surface area contributed by atoms with E-state index in [9.17, 15) is 8.78 Å². The first kappa shape index (κ1) is 23.4. The van der Waals surface area contributed by atoms with Gasteiger partial charge in [0.2, 0.25) is 0 Å². The highest BCUT2D eigenvalue weighted by Crippen LogP contribution is 2.34. The minimum atomic E-state index is -0.901. The smallest absolute Gasteiger partial charge is 0.162 e. The summed E-state index contributed by atoms with van der Waals surface area (Å²) in [6.45, 7) is 7.76. The molecule has 0 radical (unpaired) electrons. The minimum Gasteiger partial charge on any atom is -0.493 e. The number of nitrogens with one attached hydrogen (secondary N) is 1. The van der Waals surface area contributed by atoms with Gasteiger partial charge in [0.15, 0.2) is 29.0 Å². The van der Waals surface area contributed by atoms with E-state index < -0.39 is 11.6 Å². The molecule has 1 aromatic heterocycles. The van der Waals surface area contributed by atoms with Crippen molar-refractivity contribution in [1.29, 1.82) is 0 Å². The van der Waals surface area contributed by atoms with E-state index in [1.54, 1.807) is 32.4 Å². The standard InChI is InChI=1S/C24H28F2N4O2/c1-5-30(6-2)12-11-27-24-17-14-21(31-3)22(32-4)15-20(17)28-23(29-24)10-8-16-7-9-18(25)19(26)13-16/h7-10,13-15H,5-6,11-12H2,1-4H3,(H,27,28,29)/b10-8+. The lowest BCUT2D eigenvalue weighted by molar-refractivity contribution is 0.316. The molecule has 8 heteroatoms. The molecule has 0 unspecified atom stereocenters. The maximum absolute atomic E-state index is 13.5. The summed E-state index contributed by atoms with van der Waals surface area (Å²) in [5, 5.41) is 4.20. The van der Waals surface area contributed by atoms with E-state index in [4.69, 9.17) is 9.47 Å². The summed E-state index contributed by atoms with van der Waals surface area (Å²) < 4.78 is 37.6. The number of benzene rings is 2. The quantitative estimate of drug-likeness (QED) is 0.484. The molecule has 3 rings (SSSR count). The van der Waals surface area contributed by atoms with Gasteiger partial charge in [0, 0.05) is 24.5 Å². The number of aromatic nitrogens is 2. The topological polar surface area (TPSA) is 59.5 Å². The van der Waals surface area contributed by atoms with Crippen LogP contribution < -0.4 is 14.8 Å². The van der Waals surface area contributed by atoms with Crippen molar-refractivity contribution in [1.82, 2.24) is 14.9 Å². The number of likely N-dealkylation sites (N-methyl/N-ethyl adjacent to an activating group) is 1. The molecule has 0 aliphatic carbocycles. The van der Waals surface area contributed by atoms with Gasteiger partial charge in [-0.25, -0.2) is 18.7 Å². The van der Waals surface area contributed by atoms with Crippen LogP contribution in [0.5, 0.6) is 11.5 Å². The Bertz CT molecular complexity index is 1100. The fourth-order valence-electron chi connectivity index (χ4n) is 3.34. The average molecular weight is 443 g/mol. The number of anilines is 1. The fourth-order valence-corrected chi connectivity index (χ4v) is 3.34. The normalized spacial score (nSPS) is 11.5. The SMILES string of the molecule is CCN(CC)CCNc1nc(/C=C/c2ccc(F)c(F)c2)nc2cc(OC)c(OC)cc12. The van der Waals surface area contributed by atoms with E-state index in [0.717, 1.165) is 37.2 Å². The van der Waals surface area contributed by atoms with Crippen LogP contribution in [0.2, 0.25) is 0 Å². The van der Waals surface area contributed by atoms with Gasteiger partial charge in [-0.05, 0) is 42.9 Å². The largest absolute Gasteiger partial charge is 0.493 e. The number of halogens is 2. The Kier molecular flexibility index (Phi) is 7.94. The maximum Gasteiger partial charge on any atom is 0.162 e. The van der Waals surface area contributed by atoms with Gasteiger partial charge in [-0.3, -0.25) is 0 Å². The molecular formula is C24H28F2N4O2. The zero-order chi connectivity index (χ0) is 23.1. The van der Waals surface area contributed by atoms with Gasteiger partial charge < -0.3 is 19.7 Å². The lowest BCUT2D eigenvalue weighted by Gasteiger charge is -2.19. The summed E-state index contributed by atoms with van der Waals surface area (Å²) in [6, 6.07) is 7.35. The number of nitrogens with zero attached hydrogens (tertiary/aromatic N) is 3. The van der Waals surface area contributed by atoms with E-state index in [1.165, 1.54) is 6.07 Å². The summed E-state index contributed by atoms with van der Waals surface area (Å²) in [5.74, 6) is 0.448. The molecule has 3 aromatic rings. The lowest BCUT2D eigenvalue weighted by atomic mass is 10.2. The third-order valence-corrected chi connectivity index (χ3v) is 5.20. The second kappa shape index (κ2) is 10.9. The van der Waals surface area contributed by atoms with E-state index in [0.29, 0.717) is 40.8 Å². The molecule has 0 saturated carbocycles. The molecular weight excluding hydrogens is 414 g/mol. The second-order valence-electron chi connectivity index (χ2n) is 7.12. The van der Waals surface area contributed by atoms with Crippen LogP contribution in [0.25, 0.3) is 23.1 Å². The Labute approximate surface area is 186 Å². The van der Waals surface area contributed by atoms with Crippen molar-refractivity contribution in [3.05, 3.63) is 53.4 Å². The predicted molar refractivity (Wildman–Crippen MR) is 124 cm³/mol. The minimum absolute atomic E-state index is 0.430. The zero-order valence-corrected chi connectivity index (χ0v) is 18.8. The molecule has 1 N–H and O–H groups in total. The molecule has 0 aliphatic heterocycles. The monoisotopic (exact) mass is 442 g/mol. The van der Waals surface area contributed by atoms with Crippen LogP contribution in [0.3, 0.4) is 0 Å². The number of methoxy groups -OCH3 is 2. The number of ether oxygens (including phenoxy) is 2. The van der Waals surface area contributed by atoms with Crippen molar-refractivity contribution in [2.75, 3.05) is 45.7 Å². The highest BCUT2D eigenvalue weighted by atomic mass is 19.2. The van der Waals surface area contributed by atoms with Crippen molar-refractivity contribution in [2.45, 2.75) is 13.8 Å². The molecule has 0 amide bonds. The van der Waals surface area contributed by atoms with Gasteiger partial charge in [0.05, 0.1) is 19.7 Å². The van der Waals surface area contributed by atoms with Gasteiger partial charge in [0.1, 0.15) is 5.82 Å². The number of rotatable bonds is 10. The van der Waals surface area contributed by atoms with Crippen LogP contribution in [0.1, 0.15) is 25.2 Å². The number of hydrogen-bond donors (Lipinski definition) is 1.